The second-order valence-corrected chi connectivity index (χ2v) is 4.73. The van der Waals surface area contributed by atoms with Gasteiger partial charge in [0.2, 0.25) is 0 Å². The van der Waals surface area contributed by atoms with Gasteiger partial charge in [-0.15, -0.1) is 0 Å². The Hall–Kier alpha value is -1.55. The molecule has 0 saturated carbocycles. The molecule has 0 atom stereocenters. The van der Waals surface area contributed by atoms with Gasteiger partial charge in [0.25, 0.3) is 0 Å². The topological polar surface area (TPSA) is 40.0 Å². The summed E-state index contributed by atoms with van der Waals surface area (Å²) in [6.07, 6.45) is 4.85. The molecule has 0 heterocycles. The van der Waals surface area contributed by atoms with Crippen molar-refractivity contribution >= 4 is 5.71 Å². The number of rotatable bonds is 10. The third-order valence-electron chi connectivity index (χ3n) is 2.75. The van der Waals surface area contributed by atoms with Crippen molar-refractivity contribution in [2.45, 2.75) is 39.5 Å². The zero-order chi connectivity index (χ0) is 14.6. The predicted octanol–water partition coefficient (Wildman–Crippen LogP) is 4.05. The Bertz CT molecular complexity index is 387. The molecule has 0 aliphatic rings. The first-order valence-corrected chi connectivity index (χ1v) is 7.18. The van der Waals surface area contributed by atoms with Crippen LogP contribution in [0.15, 0.2) is 29.4 Å². The minimum atomic E-state index is 0.471. The van der Waals surface area contributed by atoms with Gasteiger partial charge in [0.1, 0.15) is 5.75 Å². The molecule has 0 aromatic heterocycles. The van der Waals surface area contributed by atoms with Crippen LogP contribution >= 0.6 is 0 Å². The van der Waals surface area contributed by atoms with E-state index in [0.717, 1.165) is 24.5 Å². The zero-order valence-corrected chi connectivity index (χ0v) is 12.7. The molecule has 0 aliphatic carbocycles. The molecule has 4 nitrogen and oxygen atoms in total. The number of methoxy groups -OCH3 is 1. The summed E-state index contributed by atoms with van der Waals surface area (Å²) in [5.41, 5.74) is 0.795. The van der Waals surface area contributed by atoms with Gasteiger partial charge in [-0.3, -0.25) is 0 Å². The van der Waals surface area contributed by atoms with Crippen molar-refractivity contribution in [3.63, 3.8) is 0 Å². The lowest BCUT2D eigenvalue weighted by atomic mass is 10.2. The van der Waals surface area contributed by atoms with E-state index in [-0.39, 0.29) is 0 Å². The van der Waals surface area contributed by atoms with Gasteiger partial charge in [0.05, 0.1) is 18.9 Å². The number of hydrogen-bond acceptors (Lipinski definition) is 4. The third kappa shape index (κ3) is 7.14. The minimum absolute atomic E-state index is 0.471. The number of hydrogen-bond donors (Lipinski definition) is 0. The molecular formula is C16H25NO3. The van der Waals surface area contributed by atoms with Crippen LogP contribution in [0.4, 0.5) is 0 Å². The van der Waals surface area contributed by atoms with E-state index in [0.29, 0.717) is 12.4 Å². The van der Waals surface area contributed by atoms with Crippen LogP contribution in [-0.4, -0.2) is 26.0 Å². The van der Waals surface area contributed by atoms with Crippen LogP contribution in [0, 0.1) is 0 Å². The van der Waals surface area contributed by atoms with E-state index in [1.54, 1.807) is 7.11 Å². The molecule has 20 heavy (non-hydrogen) atoms. The maximum absolute atomic E-state index is 5.66. The molecule has 0 saturated heterocycles. The van der Waals surface area contributed by atoms with Crippen molar-refractivity contribution in [2.24, 2.45) is 5.16 Å². The summed E-state index contributed by atoms with van der Waals surface area (Å²) in [5.74, 6) is 1.56. The Kier molecular flexibility index (Phi) is 8.47. The molecule has 0 N–H and O–H groups in total. The van der Waals surface area contributed by atoms with Crippen molar-refractivity contribution in [3.8, 4) is 11.5 Å². The van der Waals surface area contributed by atoms with E-state index < -0.39 is 0 Å². The SMILES string of the molecule is CCCCCCOc1ccc(O/N=C(\C)COC)cc1. The van der Waals surface area contributed by atoms with Crippen molar-refractivity contribution in [2.75, 3.05) is 20.3 Å². The first kappa shape index (κ1) is 16.5. The fourth-order valence-electron chi connectivity index (χ4n) is 1.68. The number of unbranched alkanes of at least 4 members (excludes halogenated alkanes) is 3. The molecule has 4 heteroatoms. The fraction of sp³-hybridized carbons (Fsp3) is 0.562. The van der Waals surface area contributed by atoms with Crippen LogP contribution in [0.2, 0.25) is 0 Å². The van der Waals surface area contributed by atoms with Gasteiger partial charge >= 0.3 is 0 Å². The summed E-state index contributed by atoms with van der Waals surface area (Å²) < 4.78 is 10.6. The van der Waals surface area contributed by atoms with Crippen LogP contribution in [0.1, 0.15) is 39.5 Å². The normalized spacial score (nSPS) is 11.4. The van der Waals surface area contributed by atoms with E-state index in [9.17, 15) is 0 Å². The third-order valence-corrected chi connectivity index (χ3v) is 2.75. The molecule has 0 bridgehead atoms. The van der Waals surface area contributed by atoms with Gasteiger partial charge in [-0.2, -0.15) is 0 Å². The maximum Gasteiger partial charge on any atom is 0.158 e. The quantitative estimate of drug-likeness (QED) is 0.368. The second kappa shape index (κ2) is 10.3. The zero-order valence-electron chi connectivity index (χ0n) is 12.7. The lowest BCUT2D eigenvalue weighted by Crippen LogP contribution is -2.03. The lowest BCUT2D eigenvalue weighted by molar-refractivity contribution is 0.239. The lowest BCUT2D eigenvalue weighted by Gasteiger charge is -2.06. The number of oxime groups is 1. The summed E-state index contributed by atoms with van der Waals surface area (Å²) in [6, 6.07) is 7.50. The molecule has 0 amide bonds. The summed E-state index contributed by atoms with van der Waals surface area (Å²) in [7, 11) is 1.63. The molecule has 1 rings (SSSR count). The van der Waals surface area contributed by atoms with Gasteiger partial charge in [0, 0.05) is 7.11 Å². The summed E-state index contributed by atoms with van der Waals surface area (Å²) in [4.78, 5) is 5.29. The number of benzene rings is 1. The van der Waals surface area contributed by atoms with E-state index in [4.69, 9.17) is 14.3 Å². The highest BCUT2D eigenvalue weighted by molar-refractivity contribution is 5.82. The van der Waals surface area contributed by atoms with Gasteiger partial charge in [0.15, 0.2) is 5.75 Å². The minimum Gasteiger partial charge on any atom is -0.494 e. The second-order valence-electron chi connectivity index (χ2n) is 4.73. The first-order chi connectivity index (χ1) is 9.76. The van der Waals surface area contributed by atoms with Crippen LogP contribution in [0.5, 0.6) is 11.5 Å². The van der Waals surface area contributed by atoms with Gasteiger partial charge < -0.3 is 14.3 Å². The predicted molar refractivity (Wildman–Crippen MR) is 81.7 cm³/mol. The standard InChI is InChI=1S/C16H25NO3/c1-4-5-6-7-12-19-15-8-10-16(11-9-15)20-17-14(2)13-18-3/h8-11H,4-7,12-13H2,1-3H3/b17-14+. The molecule has 112 valence electrons. The van der Waals surface area contributed by atoms with Crippen molar-refractivity contribution in [1.29, 1.82) is 0 Å². The Morgan fingerprint density at radius 3 is 2.40 bits per heavy atom. The van der Waals surface area contributed by atoms with Crippen molar-refractivity contribution in [1.82, 2.24) is 0 Å². The highest BCUT2D eigenvalue weighted by Crippen LogP contribution is 2.18. The summed E-state index contributed by atoms with van der Waals surface area (Å²) >= 11 is 0. The molecular weight excluding hydrogens is 254 g/mol. The fourth-order valence-corrected chi connectivity index (χ4v) is 1.68. The first-order valence-electron chi connectivity index (χ1n) is 7.18. The van der Waals surface area contributed by atoms with Crippen molar-refractivity contribution in [3.05, 3.63) is 24.3 Å². The maximum atomic E-state index is 5.66. The van der Waals surface area contributed by atoms with Gasteiger partial charge in [-0.05, 0) is 37.6 Å². The number of nitrogens with zero attached hydrogens (tertiary/aromatic N) is 1. The van der Waals surface area contributed by atoms with Crippen LogP contribution in [-0.2, 0) is 4.74 Å². The van der Waals surface area contributed by atoms with E-state index >= 15 is 0 Å². The monoisotopic (exact) mass is 279 g/mol. The van der Waals surface area contributed by atoms with Crippen molar-refractivity contribution < 1.29 is 14.3 Å². The Morgan fingerprint density at radius 2 is 1.75 bits per heavy atom. The molecule has 1 aromatic rings. The number of ether oxygens (including phenoxy) is 2. The van der Waals surface area contributed by atoms with Crippen LogP contribution < -0.4 is 9.57 Å². The largest absolute Gasteiger partial charge is 0.494 e. The van der Waals surface area contributed by atoms with Crippen LogP contribution in [0.25, 0.3) is 0 Å². The summed E-state index contributed by atoms with van der Waals surface area (Å²) in [6.45, 7) is 5.30. The molecule has 0 radical (unpaired) electrons. The Morgan fingerprint density at radius 1 is 1.05 bits per heavy atom. The van der Waals surface area contributed by atoms with Gasteiger partial charge in [-0.25, -0.2) is 0 Å². The van der Waals surface area contributed by atoms with Crippen LogP contribution in [0.3, 0.4) is 0 Å². The molecule has 1 aromatic carbocycles. The smallest absolute Gasteiger partial charge is 0.158 e. The van der Waals surface area contributed by atoms with E-state index in [1.165, 1.54) is 19.3 Å². The Balaban J connectivity index is 2.31. The molecule has 0 aliphatic heterocycles. The molecule has 0 unspecified atom stereocenters. The Labute approximate surface area is 121 Å². The average molecular weight is 279 g/mol. The van der Waals surface area contributed by atoms with E-state index in [2.05, 4.69) is 12.1 Å². The highest BCUT2D eigenvalue weighted by Gasteiger charge is 1.97. The average Bonchev–Trinajstić information content (AvgIpc) is 2.46. The molecule has 0 spiro atoms. The van der Waals surface area contributed by atoms with Gasteiger partial charge in [-0.1, -0.05) is 31.3 Å². The highest BCUT2D eigenvalue weighted by atomic mass is 16.6. The van der Waals surface area contributed by atoms with E-state index in [1.807, 2.05) is 31.2 Å². The molecule has 0 fully saturated rings. The summed E-state index contributed by atoms with van der Waals surface area (Å²) in [5, 5.41) is 3.96.